The SMILES string of the molecule is [CH2]CCC1SCCS1. The molecule has 0 nitrogen and oxygen atoms in total. The fourth-order valence-electron chi connectivity index (χ4n) is 0.741. The molecule has 8 heavy (non-hydrogen) atoms. The molecule has 0 saturated carbocycles. The fourth-order valence-corrected chi connectivity index (χ4v) is 3.67. The molecule has 1 fully saturated rings. The number of thioether (sulfide) groups is 2. The van der Waals surface area contributed by atoms with Gasteiger partial charge in [-0.05, 0) is 6.42 Å². The molecule has 47 valence electrons. The average molecular weight is 147 g/mol. The van der Waals surface area contributed by atoms with Crippen LogP contribution in [0.5, 0.6) is 0 Å². The zero-order valence-corrected chi connectivity index (χ0v) is 6.56. The van der Waals surface area contributed by atoms with Gasteiger partial charge in [-0.3, -0.25) is 0 Å². The second kappa shape index (κ2) is 3.67. The zero-order chi connectivity index (χ0) is 5.82. The summed E-state index contributed by atoms with van der Waals surface area (Å²) in [5, 5.41) is 0. The van der Waals surface area contributed by atoms with Crippen LogP contribution in [0, 0.1) is 6.92 Å². The van der Waals surface area contributed by atoms with Crippen molar-refractivity contribution in [1.29, 1.82) is 0 Å². The Kier molecular flexibility index (Phi) is 3.13. The van der Waals surface area contributed by atoms with Crippen molar-refractivity contribution in [2.24, 2.45) is 0 Å². The van der Waals surface area contributed by atoms with Crippen LogP contribution in [0.15, 0.2) is 0 Å². The van der Waals surface area contributed by atoms with Gasteiger partial charge in [-0.1, -0.05) is 13.3 Å². The first-order valence-electron chi connectivity index (χ1n) is 2.96. The quantitative estimate of drug-likeness (QED) is 0.588. The Morgan fingerprint density at radius 1 is 1.38 bits per heavy atom. The maximum atomic E-state index is 3.82. The normalized spacial score (nSPS) is 22.1. The van der Waals surface area contributed by atoms with Crippen molar-refractivity contribution < 1.29 is 0 Å². The molecule has 0 N–H and O–H groups in total. The number of rotatable bonds is 2. The van der Waals surface area contributed by atoms with Crippen LogP contribution < -0.4 is 0 Å². The number of hydrogen-bond acceptors (Lipinski definition) is 2. The highest BCUT2D eigenvalue weighted by Crippen LogP contribution is 2.34. The van der Waals surface area contributed by atoms with E-state index in [4.69, 9.17) is 0 Å². The molecule has 0 amide bonds. The van der Waals surface area contributed by atoms with Gasteiger partial charge in [0, 0.05) is 11.5 Å². The highest BCUT2D eigenvalue weighted by atomic mass is 32.2. The Morgan fingerprint density at radius 3 is 2.50 bits per heavy atom. The minimum absolute atomic E-state index is 0.882. The van der Waals surface area contributed by atoms with Crippen LogP contribution in [0.1, 0.15) is 12.8 Å². The Morgan fingerprint density at radius 2 is 2.00 bits per heavy atom. The van der Waals surface area contributed by atoms with Crippen molar-refractivity contribution in [2.75, 3.05) is 11.5 Å². The largest absolute Gasteiger partial charge is 0.147 e. The van der Waals surface area contributed by atoms with Crippen molar-refractivity contribution in [3.63, 3.8) is 0 Å². The monoisotopic (exact) mass is 147 g/mol. The molecule has 1 radical (unpaired) electrons. The van der Waals surface area contributed by atoms with Gasteiger partial charge in [0.2, 0.25) is 0 Å². The predicted octanol–water partition coefficient (Wildman–Crippen LogP) is 2.41. The highest BCUT2D eigenvalue weighted by molar-refractivity contribution is 8.20. The van der Waals surface area contributed by atoms with Gasteiger partial charge in [0.05, 0.1) is 4.58 Å². The van der Waals surface area contributed by atoms with E-state index >= 15 is 0 Å². The Bertz CT molecular complexity index is 57.5. The predicted molar refractivity (Wildman–Crippen MR) is 43.3 cm³/mol. The van der Waals surface area contributed by atoms with Crippen LogP contribution in [0.4, 0.5) is 0 Å². The fraction of sp³-hybridized carbons (Fsp3) is 0.833. The maximum absolute atomic E-state index is 3.82. The van der Waals surface area contributed by atoms with Crippen LogP contribution in [0.2, 0.25) is 0 Å². The van der Waals surface area contributed by atoms with E-state index in [9.17, 15) is 0 Å². The lowest BCUT2D eigenvalue weighted by Gasteiger charge is -2.02. The third kappa shape index (κ3) is 1.90. The van der Waals surface area contributed by atoms with E-state index in [1.165, 1.54) is 17.9 Å². The summed E-state index contributed by atoms with van der Waals surface area (Å²) in [6.45, 7) is 3.82. The topological polar surface area (TPSA) is 0 Å². The molecule has 1 rings (SSSR count). The van der Waals surface area contributed by atoms with Gasteiger partial charge in [0.1, 0.15) is 0 Å². The molecular weight excluding hydrogens is 136 g/mol. The van der Waals surface area contributed by atoms with Gasteiger partial charge in [-0.2, -0.15) is 0 Å². The lowest BCUT2D eigenvalue weighted by molar-refractivity contribution is 0.940. The van der Waals surface area contributed by atoms with Crippen molar-refractivity contribution in [2.45, 2.75) is 17.4 Å². The first-order chi connectivity index (χ1) is 3.93. The molecule has 1 heterocycles. The zero-order valence-electron chi connectivity index (χ0n) is 4.93. The summed E-state index contributed by atoms with van der Waals surface area (Å²) in [4.78, 5) is 0. The van der Waals surface area contributed by atoms with Gasteiger partial charge >= 0.3 is 0 Å². The van der Waals surface area contributed by atoms with Crippen molar-refractivity contribution >= 4 is 23.5 Å². The molecule has 0 aromatic heterocycles. The van der Waals surface area contributed by atoms with Crippen LogP contribution in [-0.2, 0) is 0 Å². The highest BCUT2D eigenvalue weighted by Gasteiger charge is 2.13. The molecular formula is C6H11S2. The van der Waals surface area contributed by atoms with Crippen LogP contribution in [-0.4, -0.2) is 16.1 Å². The minimum Gasteiger partial charge on any atom is -0.147 e. The third-order valence-electron chi connectivity index (χ3n) is 1.13. The summed E-state index contributed by atoms with van der Waals surface area (Å²) in [6.07, 6.45) is 2.40. The first-order valence-corrected chi connectivity index (χ1v) is 5.05. The smallest absolute Gasteiger partial charge is 0.0503 e. The Balaban J connectivity index is 2.06. The first kappa shape index (κ1) is 6.81. The van der Waals surface area contributed by atoms with Crippen molar-refractivity contribution in [1.82, 2.24) is 0 Å². The van der Waals surface area contributed by atoms with Gasteiger partial charge in [0.25, 0.3) is 0 Å². The molecule has 0 bridgehead atoms. The third-order valence-corrected chi connectivity index (χ3v) is 4.30. The average Bonchev–Trinajstić information content (AvgIpc) is 2.19. The van der Waals surface area contributed by atoms with Gasteiger partial charge in [0.15, 0.2) is 0 Å². The van der Waals surface area contributed by atoms with Crippen molar-refractivity contribution in [3.05, 3.63) is 6.92 Å². The second-order valence-electron chi connectivity index (χ2n) is 1.81. The lowest BCUT2D eigenvalue weighted by atomic mass is 10.4. The van der Waals surface area contributed by atoms with E-state index in [-0.39, 0.29) is 0 Å². The Hall–Kier alpha value is 0.700. The summed E-state index contributed by atoms with van der Waals surface area (Å²) in [5.74, 6) is 2.71. The lowest BCUT2D eigenvalue weighted by Crippen LogP contribution is -1.87. The van der Waals surface area contributed by atoms with Gasteiger partial charge in [-0.15, -0.1) is 23.5 Å². The standard InChI is InChI=1S/C6H11S2/c1-2-3-6-7-4-5-8-6/h6H,1-5H2. The van der Waals surface area contributed by atoms with E-state index in [2.05, 4.69) is 30.4 Å². The molecule has 0 atom stereocenters. The number of hydrogen-bond donors (Lipinski definition) is 0. The molecule has 0 aromatic rings. The summed E-state index contributed by atoms with van der Waals surface area (Å²) in [5.41, 5.74) is 0. The van der Waals surface area contributed by atoms with E-state index in [0.717, 1.165) is 11.0 Å². The minimum atomic E-state index is 0.882. The van der Waals surface area contributed by atoms with Crippen molar-refractivity contribution in [3.8, 4) is 0 Å². The molecule has 1 saturated heterocycles. The maximum Gasteiger partial charge on any atom is 0.0503 e. The molecule has 1 aliphatic heterocycles. The molecule has 0 spiro atoms. The van der Waals surface area contributed by atoms with Gasteiger partial charge < -0.3 is 0 Å². The molecule has 2 heteroatoms. The van der Waals surface area contributed by atoms with E-state index < -0.39 is 0 Å². The summed E-state index contributed by atoms with van der Waals surface area (Å²) < 4.78 is 0.882. The van der Waals surface area contributed by atoms with Crippen LogP contribution in [0.25, 0.3) is 0 Å². The summed E-state index contributed by atoms with van der Waals surface area (Å²) >= 11 is 4.18. The summed E-state index contributed by atoms with van der Waals surface area (Å²) in [7, 11) is 0. The van der Waals surface area contributed by atoms with E-state index in [1.807, 2.05) is 0 Å². The summed E-state index contributed by atoms with van der Waals surface area (Å²) in [6, 6.07) is 0. The molecule has 0 unspecified atom stereocenters. The molecule has 0 aromatic carbocycles. The second-order valence-corrected chi connectivity index (χ2v) is 4.73. The van der Waals surface area contributed by atoms with E-state index in [0.29, 0.717) is 0 Å². The Labute approximate surface area is 59.8 Å². The molecule has 1 aliphatic rings. The van der Waals surface area contributed by atoms with Crippen LogP contribution >= 0.6 is 23.5 Å². The van der Waals surface area contributed by atoms with E-state index in [1.54, 1.807) is 0 Å². The van der Waals surface area contributed by atoms with Gasteiger partial charge in [-0.25, -0.2) is 0 Å². The molecule has 0 aliphatic carbocycles. The van der Waals surface area contributed by atoms with Crippen LogP contribution in [0.3, 0.4) is 0 Å².